The van der Waals surface area contributed by atoms with Crippen LogP contribution in [-0.4, -0.2) is 28.3 Å². The number of hydrogen-bond acceptors (Lipinski definition) is 5. The Hall–Kier alpha value is -3.52. The van der Waals surface area contributed by atoms with Gasteiger partial charge in [-0.25, -0.2) is 9.78 Å². The molecule has 0 fully saturated rings. The van der Waals surface area contributed by atoms with Crippen molar-refractivity contribution in [2.45, 2.75) is 12.5 Å². The number of aromatic amines is 1. The summed E-state index contributed by atoms with van der Waals surface area (Å²) in [6, 6.07) is 16.3. The van der Waals surface area contributed by atoms with Crippen LogP contribution < -0.4 is 15.4 Å². The molecule has 29 heavy (non-hydrogen) atoms. The lowest BCUT2D eigenvalue weighted by Crippen LogP contribution is -2.34. The molecule has 2 amide bonds. The third-order valence-corrected chi connectivity index (χ3v) is 4.32. The Balaban J connectivity index is 0.00000240. The summed E-state index contributed by atoms with van der Waals surface area (Å²) in [4.78, 5) is 20.4. The van der Waals surface area contributed by atoms with Gasteiger partial charge in [-0.05, 0) is 36.2 Å². The van der Waals surface area contributed by atoms with Crippen LogP contribution in [-0.2, 0) is 6.42 Å². The Morgan fingerprint density at radius 1 is 1.17 bits per heavy atom. The topological polar surface area (TPSA) is 105 Å². The number of anilines is 1. The highest BCUT2D eigenvalue weighted by Gasteiger charge is 2.20. The Morgan fingerprint density at radius 3 is 2.66 bits per heavy atom. The highest BCUT2D eigenvalue weighted by Crippen LogP contribution is 2.21. The number of nitrogens with zero attached hydrogens (tertiary/aromatic N) is 2. The number of halogens is 1. The molecule has 150 valence electrons. The van der Waals surface area contributed by atoms with Gasteiger partial charge in [-0.3, -0.25) is 5.32 Å². The van der Waals surface area contributed by atoms with Gasteiger partial charge < -0.3 is 19.6 Å². The number of H-pyrrole nitrogens is 1. The number of rotatable bonds is 6. The second-order valence-electron chi connectivity index (χ2n) is 6.23. The summed E-state index contributed by atoms with van der Waals surface area (Å²) >= 11 is 0. The van der Waals surface area contributed by atoms with Gasteiger partial charge in [-0.1, -0.05) is 29.4 Å². The van der Waals surface area contributed by atoms with E-state index in [2.05, 4.69) is 25.8 Å². The number of amides is 2. The molecule has 4 rings (SSSR count). The van der Waals surface area contributed by atoms with Crippen molar-refractivity contribution in [2.24, 2.45) is 0 Å². The molecule has 9 heteroatoms. The number of hydrogen-bond donors (Lipinski definition) is 3. The minimum atomic E-state index is -0.395. The monoisotopic (exact) mass is 413 g/mol. The second-order valence-corrected chi connectivity index (χ2v) is 6.23. The third-order valence-electron chi connectivity index (χ3n) is 4.32. The first-order chi connectivity index (χ1) is 13.7. The third kappa shape index (κ3) is 4.85. The van der Waals surface area contributed by atoms with Crippen LogP contribution in [0.3, 0.4) is 0 Å². The van der Waals surface area contributed by atoms with Crippen molar-refractivity contribution in [1.82, 2.24) is 20.4 Å². The SMILES string of the molecule is COc1ccc(CC(NC(=O)Nc2ccon2)c2nc3ccccc3[nH]2)cc1.Cl. The van der Waals surface area contributed by atoms with E-state index in [0.29, 0.717) is 18.1 Å². The van der Waals surface area contributed by atoms with Crippen molar-refractivity contribution in [3.05, 3.63) is 72.2 Å². The van der Waals surface area contributed by atoms with Crippen molar-refractivity contribution in [3.63, 3.8) is 0 Å². The van der Waals surface area contributed by atoms with Crippen LogP contribution >= 0.6 is 12.4 Å². The standard InChI is InChI=1S/C20H19N5O3.ClH/c1-27-14-8-6-13(7-9-14)12-17(23-20(26)24-18-10-11-28-25-18)19-21-15-4-2-3-5-16(15)22-19;/h2-11,17H,12H2,1H3,(H,21,22)(H2,23,24,25,26);1H. The van der Waals surface area contributed by atoms with Gasteiger partial charge in [0.15, 0.2) is 5.82 Å². The van der Waals surface area contributed by atoms with Crippen LogP contribution in [0.15, 0.2) is 65.4 Å². The molecule has 2 heterocycles. The quantitative estimate of drug-likeness (QED) is 0.441. The van der Waals surface area contributed by atoms with Crippen molar-refractivity contribution < 1.29 is 14.1 Å². The molecule has 1 unspecified atom stereocenters. The Bertz CT molecular complexity index is 1030. The molecule has 0 aliphatic rings. The first-order valence-electron chi connectivity index (χ1n) is 8.77. The van der Waals surface area contributed by atoms with Crippen LogP contribution in [0.25, 0.3) is 11.0 Å². The van der Waals surface area contributed by atoms with Gasteiger partial charge in [-0.2, -0.15) is 0 Å². The number of carbonyl (C=O) groups excluding carboxylic acids is 1. The van der Waals surface area contributed by atoms with E-state index in [-0.39, 0.29) is 18.4 Å². The maximum Gasteiger partial charge on any atom is 0.321 e. The predicted molar refractivity (Wildman–Crippen MR) is 111 cm³/mol. The molecule has 0 spiro atoms. The summed E-state index contributed by atoms with van der Waals surface area (Å²) in [5.74, 6) is 1.79. The lowest BCUT2D eigenvalue weighted by Gasteiger charge is -2.17. The molecule has 8 nitrogen and oxygen atoms in total. The number of para-hydroxylation sites is 2. The van der Waals surface area contributed by atoms with Gasteiger partial charge >= 0.3 is 6.03 Å². The molecule has 0 aliphatic heterocycles. The van der Waals surface area contributed by atoms with Gasteiger partial charge in [0, 0.05) is 6.07 Å². The fourth-order valence-corrected chi connectivity index (χ4v) is 2.94. The first-order valence-corrected chi connectivity index (χ1v) is 8.77. The summed E-state index contributed by atoms with van der Waals surface area (Å²) in [5, 5.41) is 9.29. The predicted octanol–water partition coefficient (Wildman–Crippen LogP) is 4.09. The van der Waals surface area contributed by atoms with Crippen LogP contribution in [0.5, 0.6) is 5.75 Å². The summed E-state index contributed by atoms with van der Waals surface area (Å²) in [5.41, 5.74) is 2.79. The van der Waals surface area contributed by atoms with E-state index < -0.39 is 6.03 Å². The number of imidazole rings is 1. The van der Waals surface area contributed by atoms with E-state index in [9.17, 15) is 4.79 Å². The maximum absolute atomic E-state index is 12.4. The fraction of sp³-hybridized carbons (Fsp3) is 0.150. The van der Waals surface area contributed by atoms with Crippen molar-refractivity contribution in [2.75, 3.05) is 12.4 Å². The largest absolute Gasteiger partial charge is 0.497 e. The van der Waals surface area contributed by atoms with Crippen LogP contribution in [0.4, 0.5) is 10.6 Å². The smallest absolute Gasteiger partial charge is 0.321 e. The van der Waals surface area contributed by atoms with Gasteiger partial charge in [0.2, 0.25) is 0 Å². The molecule has 2 aromatic carbocycles. The van der Waals surface area contributed by atoms with E-state index in [4.69, 9.17) is 9.26 Å². The highest BCUT2D eigenvalue weighted by molar-refractivity contribution is 5.88. The molecule has 0 radical (unpaired) electrons. The molecule has 2 aromatic heterocycles. The number of benzene rings is 2. The lowest BCUT2D eigenvalue weighted by molar-refractivity contribution is 0.247. The number of aromatic nitrogens is 3. The molecule has 0 saturated heterocycles. The van der Waals surface area contributed by atoms with E-state index in [1.807, 2.05) is 48.5 Å². The maximum atomic E-state index is 12.4. The number of carbonyl (C=O) groups is 1. The molecule has 4 aromatic rings. The van der Waals surface area contributed by atoms with Crippen molar-refractivity contribution in [3.8, 4) is 5.75 Å². The van der Waals surface area contributed by atoms with Crippen molar-refractivity contribution >= 4 is 35.3 Å². The normalized spacial score (nSPS) is 11.5. The van der Waals surface area contributed by atoms with Crippen LogP contribution in [0.2, 0.25) is 0 Å². The fourth-order valence-electron chi connectivity index (χ4n) is 2.94. The molecule has 0 saturated carbocycles. The number of urea groups is 1. The Labute approximate surface area is 173 Å². The highest BCUT2D eigenvalue weighted by atomic mass is 35.5. The van der Waals surface area contributed by atoms with Gasteiger partial charge in [-0.15, -0.1) is 12.4 Å². The van der Waals surface area contributed by atoms with E-state index >= 15 is 0 Å². The zero-order valence-corrected chi connectivity index (χ0v) is 16.4. The molecule has 0 aliphatic carbocycles. The second kappa shape index (κ2) is 9.11. The number of ether oxygens (including phenoxy) is 1. The number of nitrogens with one attached hydrogen (secondary N) is 3. The number of fused-ring (bicyclic) bond motifs is 1. The Morgan fingerprint density at radius 2 is 1.97 bits per heavy atom. The summed E-state index contributed by atoms with van der Waals surface area (Å²) < 4.78 is 9.95. The van der Waals surface area contributed by atoms with E-state index in [1.165, 1.54) is 6.26 Å². The molecule has 3 N–H and O–H groups in total. The van der Waals surface area contributed by atoms with Gasteiger partial charge in [0.1, 0.15) is 17.8 Å². The average Bonchev–Trinajstić information content (AvgIpc) is 3.37. The van der Waals surface area contributed by atoms with Gasteiger partial charge in [0.05, 0.1) is 24.2 Å². The molecule has 0 bridgehead atoms. The lowest BCUT2D eigenvalue weighted by atomic mass is 10.1. The summed E-state index contributed by atoms with van der Waals surface area (Å²) in [6.07, 6.45) is 1.94. The minimum Gasteiger partial charge on any atom is -0.497 e. The molecule has 1 atom stereocenters. The van der Waals surface area contributed by atoms with E-state index in [0.717, 1.165) is 22.3 Å². The molecular formula is C20H20ClN5O3. The van der Waals surface area contributed by atoms with Crippen LogP contribution in [0, 0.1) is 0 Å². The Kier molecular flexibility index (Phi) is 6.36. The van der Waals surface area contributed by atoms with Crippen molar-refractivity contribution in [1.29, 1.82) is 0 Å². The molecular weight excluding hydrogens is 394 g/mol. The zero-order valence-electron chi connectivity index (χ0n) is 15.6. The average molecular weight is 414 g/mol. The first kappa shape index (κ1) is 20.2. The summed E-state index contributed by atoms with van der Waals surface area (Å²) in [7, 11) is 1.63. The summed E-state index contributed by atoms with van der Waals surface area (Å²) in [6.45, 7) is 0. The van der Waals surface area contributed by atoms with Crippen LogP contribution in [0.1, 0.15) is 17.4 Å². The minimum absolute atomic E-state index is 0. The van der Waals surface area contributed by atoms with E-state index in [1.54, 1.807) is 13.2 Å². The zero-order chi connectivity index (χ0) is 19.3. The number of methoxy groups -OCH3 is 1. The van der Waals surface area contributed by atoms with Gasteiger partial charge in [0.25, 0.3) is 0 Å².